The van der Waals surface area contributed by atoms with Gasteiger partial charge >= 0.3 is 5.97 Å². The highest BCUT2D eigenvalue weighted by atomic mass is 16.6. The molecule has 0 atom stereocenters. The molecule has 1 aliphatic rings. The maximum Gasteiger partial charge on any atom is 0.346 e. The quantitative estimate of drug-likeness (QED) is 0.0951. The van der Waals surface area contributed by atoms with Crippen molar-refractivity contribution < 1.29 is 28.5 Å². The number of carbonyl (C=O) groups excluding carboxylic acids is 2. The van der Waals surface area contributed by atoms with Crippen molar-refractivity contribution in [1.29, 1.82) is 0 Å². The van der Waals surface area contributed by atoms with E-state index in [0.717, 1.165) is 36.8 Å². The summed E-state index contributed by atoms with van der Waals surface area (Å²) in [7, 11) is 3.12. The molecular formula is C34H36N2O6. The Bertz CT molecular complexity index is 1420. The van der Waals surface area contributed by atoms with Gasteiger partial charge in [-0.25, -0.2) is 4.79 Å². The number of methoxy groups -OCH3 is 2. The van der Waals surface area contributed by atoms with E-state index in [1.807, 2.05) is 60.7 Å². The van der Waals surface area contributed by atoms with E-state index in [-0.39, 0.29) is 37.0 Å². The van der Waals surface area contributed by atoms with Crippen LogP contribution in [0.1, 0.15) is 42.5 Å². The zero-order chi connectivity index (χ0) is 29.6. The van der Waals surface area contributed by atoms with Crippen LogP contribution in [0, 0.1) is 0 Å². The van der Waals surface area contributed by atoms with Crippen LogP contribution in [0.2, 0.25) is 0 Å². The van der Waals surface area contributed by atoms with Gasteiger partial charge in [-0.05, 0) is 73.2 Å². The molecule has 1 aromatic heterocycles. The summed E-state index contributed by atoms with van der Waals surface area (Å²) in [6.07, 6.45) is 9.37. The summed E-state index contributed by atoms with van der Waals surface area (Å²) in [4.78, 5) is 31.2. The highest BCUT2D eigenvalue weighted by Gasteiger charge is 2.23. The van der Waals surface area contributed by atoms with E-state index < -0.39 is 11.9 Å². The molecule has 0 radical (unpaired) electrons. The molecule has 218 valence electrons. The standard InChI is InChI=1S/C34H36N2O6/c1-39-20-21-41-34(38)29(17-15-26-16-18-31(40-2)32(23-26)42-28-13-6-7-14-28)30(22-25-10-4-3-5-11-25)33(37)36-24-27-12-8-9-19-35-27/h3-5,8-12,15-16,18-19,22-23,28H,6-7,13-14,20-21,24H2,1-2H3,(H,36,37). The molecule has 0 saturated heterocycles. The number of ether oxygens (including phenoxy) is 4. The molecule has 1 amide bonds. The lowest BCUT2D eigenvalue weighted by Gasteiger charge is -2.16. The van der Waals surface area contributed by atoms with Gasteiger partial charge in [0.15, 0.2) is 11.5 Å². The fourth-order valence-corrected chi connectivity index (χ4v) is 4.49. The summed E-state index contributed by atoms with van der Waals surface area (Å²) in [5.41, 5.74) is 5.27. The number of rotatable bonds is 13. The van der Waals surface area contributed by atoms with E-state index in [0.29, 0.717) is 17.2 Å². The maximum absolute atomic E-state index is 13.6. The number of hydrogen-bond donors (Lipinski definition) is 1. The summed E-state index contributed by atoms with van der Waals surface area (Å²) < 4.78 is 22.2. The summed E-state index contributed by atoms with van der Waals surface area (Å²) in [5.74, 6) is 0.0802. The van der Waals surface area contributed by atoms with E-state index in [4.69, 9.17) is 18.9 Å². The van der Waals surface area contributed by atoms with E-state index >= 15 is 0 Å². The first kappa shape index (κ1) is 30.3. The average molecular weight is 569 g/mol. The number of hydrogen-bond acceptors (Lipinski definition) is 7. The van der Waals surface area contributed by atoms with Crippen LogP contribution in [-0.2, 0) is 25.6 Å². The van der Waals surface area contributed by atoms with Gasteiger partial charge in [-0.1, -0.05) is 42.5 Å². The number of nitrogens with zero attached hydrogens (tertiary/aromatic N) is 1. The first-order valence-corrected chi connectivity index (χ1v) is 14.0. The third kappa shape index (κ3) is 8.93. The van der Waals surface area contributed by atoms with Crippen molar-refractivity contribution in [3.05, 3.63) is 107 Å². The smallest absolute Gasteiger partial charge is 0.346 e. The Labute approximate surface area is 246 Å². The van der Waals surface area contributed by atoms with Gasteiger partial charge in [0.25, 0.3) is 5.91 Å². The van der Waals surface area contributed by atoms with E-state index in [9.17, 15) is 9.59 Å². The van der Waals surface area contributed by atoms with Gasteiger partial charge in [0.1, 0.15) is 12.2 Å². The fourth-order valence-electron chi connectivity index (χ4n) is 4.49. The monoisotopic (exact) mass is 568 g/mol. The van der Waals surface area contributed by atoms with Crippen LogP contribution in [0.3, 0.4) is 0 Å². The normalized spacial score (nSPS) is 13.1. The second-order valence-electron chi connectivity index (χ2n) is 9.70. The molecule has 1 aliphatic carbocycles. The molecule has 2 aromatic carbocycles. The summed E-state index contributed by atoms with van der Waals surface area (Å²) in [5, 5.41) is 2.87. The van der Waals surface area contributed by atoms with Crippen molar-refractivity contribution in [2.24, 2.45) is 0 Å². The first-order chi connectivity index (χ1) is 20.6. The molecule has 8 nitrogen and oxygen atoms in total. The Balaban J connectivity index is 1.73. The Kier molecular flexibility index (Phi) is 11.5. The lowest BCUT2D eigenvalue weighted by atomic mass is 10.0. The maximum atomic E-state index is 13.6. The minimum absolute atomic E-state index is 0.0244. The molecule has 42 heavy (non-hydrogen) atoms. The number of amides is 1. The number of carbonyl (C=O) groups is 2. The Morgan fingerprint density at radius 2 is 1.74 bits per heavy atom. The predicted octanol–water partition coefficient (Wildman–Crippen LogP) is 5.54. The number of esters is 1. The highest BCUT2D eigenvalue weighted by molar-refractivity contribution is 6.12. The van der Waals surface area contributed by atoms with E-state index in [1.54, 1.807) is 31.5 Å². The Morgan fingerprint density at radius 3 is 2.45 bits per heavy atom. The first-order valence-electron chi connectivity index (χ1n) is 14.0. The van der Waals surface area contributed by atoms with Gasteiger partial charge < -0.3 is 24.3 Å². The highest BCUT2D eigenvalue weighted by Crippen LogP contribution is 2.33. The summed E-state index contributed by atoms with van der Waals surface area (Å²) in [6, 6.07) is 20.2. The second-order valence-corrected chi connectivity index (χ2v) is 9.70. The van der Waals surface area contributed by atoms with Gasteiger partial charge in [0, 0.05) is 13.3 Å². The van der Waals surface area contributed by atoms with E-state index in [1.165, 1.54) is 7.11 Å². The summed E-state index contributed by atoms with van der Waals surface area (Å²) in [6.45, 7) is 0.422. The molecule has 1 heterocycles. The molecule has 0 spiro atoms. The van der Waals surface area contributed by atoms with Gasteiger partial charge in [-0.15, -0.1) is 5.73 Å². The Hall–Kier alpha value is -4.65. The number of pyridine rings is 1. The van der Waals surface area contributed by atoms with Crippen LogP contribution < -0.4 is 14.8 Å². The van der Waals surface area contributed by atoms with Crippen molar-refractivity contribution in [2.45, 2.75) is 38.3 Å². The molecule has 0 bridgehead atoms. The van der Waals surface area contributed by atoms with Gasteiger partial charge in [0.05, 0.1) is 37.6 Å². The molecule has 4 rings (SSSR count). The SMILES string of the molecule is COCCOC(=O)C(=C=Cc1ccc(OC)c(OC2CCCC2)c1)C(=Cc1ccccc1)C(=O)NCc1ccccn1. The Morgan fingerprint density at radius 1 is 0.952 bits per heavy atom. The van der Waals surface area contributed by atoms with Crippen LogP contribution in [0.5, 0.6) is 11.5 Å². The molecule has 1 fully saturated rings. The number of aromatic nitrogens is 1. The molecule has 1 N–H and O–H groups in total. The van der Waals surface area contributed by atoms with Gasteiger partial charge in [-0.2, -0.15) is 0 Å². The van der Waals surface area contributed by atoms with Crippen molar-refractivity contribution in [3.63, 3.8) is 0 Å². The van der Waals surface area contributed by atoms with Crippen LogP contribution in [0.4, 0.5) is 0 Å². The average Bonchev–Trinajstić information content (AvgIpc) is 3.54. The third-order valence-electron chi connectivity index (χ3n) is 6.67. The third-order valence-corrected chi connectivity index (χ3v) is 6.67. The largest absolute Gasteiger partial charge is 0.493 e. The van der Waals surface area contributed by atoms with Crippen LogP contribution in [0.25, 0.3) is 12.2 Å². The second kappa shape index (κ2) is 16.0. The molecule has 0 unspecified atom stereocenters. The lowest BCUT2D eigenvalue weighted by molar-refractivity contribution is -0.140. The number of nitrogens with one attached hydrogen (secondary N) is 1. The molecular weight excluding hydrogens is 532 g/mol. The van der Waals surface area contributed by atoms with Crippen LogP contribution in [-0.4, -0.2) is 50.4 Å². The topological polar surface area (TPSA) is 96.0 Å². The van der Waals surface area contributed by atoms with Crippen LogP contribution in [0.15, 0.2) is 89.8 Å². The van der Waals surface area contributed by atoms with Crippen molar-refractivity contribution in [3.8, 4) is 11.5 Å². The molecule has 3 aromatic rings. The fraction of sp³-hybridized carbons (Fsp3) is 0.294. The van der Waals surface area contributed by atoms with Crippen molar-refractivity contribution in [2.75, 3.05) is 27.4 Å². The van der Waals surface area contributed by atoms with E-state index in [2.05, 4.69) is 16.0 Å². The lowest BCUT2D eigenvalue weighted by Crippen LogP contribution is -2.28. The minimum atomic E-state index is -0.700. The summed E-state index contributed by atoms with van der Waals surface area (Å²) >= 11 is 0. The molecule has 8 heteroatoms. The van der Waals surface area contributed by atoms with Crippen LogP contribution >= 0.6 is 0 Å². The predicted molar refractivity (Wildman–Crippen MR) is 161 cm³/mol. The van der Waals surface area contributed by atoms with Crippen molar-refractivity contribution >= 4 is 24.0 Å². The molecule has 1 saturated carbocycles. The minimum Gasteiger partial charge on any atom is -0.493 e. The molecule has 0 aliphatic heterocycles. The zero-order valence-corrected chi connectivity index (χ0v) is 24.0. The zero-order valence-electron chi connectivity index (χ0n) is 24.0. The number of benzene rings is 2. The van der Waals surface area contributed by atoms with Crippen molar-refractivity contribution in [1.82, 2.24) is 10.3 Å². The van der Waals surface area contributed by atoms with Gasteiger partial charge in [0.2, 0.25) is 0 Å². The van der Waals surface area contributed by atoms with Gasteiger partial charge in [-0.3, -0.25) is 9.78 Å².